The highest BCUT2D eigenvalue weighted by molar-refractivity contribution is 5.95. The molecule has 2 aliphatic carbocycles. The van der Waals surface area contributed by atoms with Crippen LogP contribution in [-0.4, -0.2) is 44.2 Å². The van der Waals surface area contributed by atoms with E-state index in [1.54, 1.807) is 23.0 Å². The van der Waals surface area contributed by atoms with Crippen molar-refractivity contribution in [1.29, 1.82) is 0 Å². The van der Waals surface area contributed by atoms with Gasteiger partial charge in [0.25, 0.3) is 5.91 Å². The number of anilines is 1. The number of nitrogens with zero attached hydrogens (tertiary/aromatic N) is 5. The Morgan fingerprint density at radius 1 is 1.12 bits per heavy atom. The van der Waals surface area contributed by atoms with E-state index in [1.807, 2.05) is 25.1 Å². The molecule has 0 aromatic carbocycles. The van der Waals surface area contributed by atoms with Crippen molar-refractivity contribution in [3.8, 4) is 0 Å². The van der Waals surface area contributed by atoms with Crippen LogP contribution in [0.3, 0.4) is 0 Å². The van der Waals surface area contributed by atoms with Crippen LogP contribution in [0.2, 0.25) is 0 Å². The summed E-state index contributed by atoms with van der Waals surface area (Å²) in [4.78, 5) is 18.6. The molecule has 2 aliphatic rings. The van der Waals surface area contributed by atoms with Gasteiger partial charge in [0.15, 0.2) is 5.69 Å². The maximum absolute atomic E-state index is 13.1. The first-order valence-corrected chi connectivity index (χ1v) is 11.3. The van der Waals surface area contributed by atoms with Crippen LogP contribution in [0.25, 0.3) is 5.65 Å². The van der Waals surface area contributed by atoms with Gasteiger partial charge in [-0.05, 0) is 50.7 Å². The molecule has 2 saturated carbocycles. The first-order chi connectivity index (χ1) is 15.7. The Balaban J connectivity index is 1.24. The average Bonchev–Trinajstić information content (AvgIpc) is 3.39. The summed E-state index contributed by atoms with van der Waals surface area (Å²) in [5.41, 5.74) is 0.952. The van der Waals surface area contributed by atoms with Crippen molar-refractivity contribution in [2.45, 2.75) is 62.7 Å². The van der Waals surface area contributed by atoms with E-state index in [4.69, 9.17) is 0 Å². The van der Waals surface area contributed by atoms with Crippen LogP contribution in [-0.2, 0) is 13.2 Å². The second kappa shape index (κ2) is 8.07. The monoisotopic (exact) mass is 460 g/mol. The minimum Gasteiger partial charge on any atom is -0.358 e. The zero-order valence-electron chi connectivity index (χ0n) is 18.6. The maximum atomic E-state index is 13.1. The molecule has 2 fully saturated rings. The fraction of sp³-hybridized carbons (Fsp3) is 0.522. The minimum atomic E-state index is -4.48. The number of pyridine rings is 1. The van der Waals surface area contributed by atoms with Crippen LogP contribution in [0.4, 0.5) is 19.0 Å². The van der Waals surface area contributed by atoms with E-state index in [-0.39, 0.29) is 23.6 Å². The molecule has 0 bridgehead atoms. The number of hydrogen-bond donors (Lipinski definition) is 1. The molecule has 1 N–H and O–H groups in total. The number of hydrogen-bond acceptors (Lipinski definition) is 4. The highest BCUT2D eigenvalue weighted by Gasteiger charge is 2.35. The lowest BCUT2D eigenvalue weighted by molar-refractivity contribution is -0.140. The Hall–Kier alpha value is -3.04. The van der Waals surface area contributed by atoms with Crippen LogP contribution in [0, 0.1) is 0 Å². The molecule has 0 radical (unpaired) electrons. The predicted octanol–water partition coefficient (Wildman–Crippen LogP) is 4.14. The van der Waals surface area contributed by atoms with Crippen LogP contribution in [0.15, 0.2) is 30.6 Å². The van der Waals surface area contributed by atoms with Gasteiger partial charge in [-0.3, -0.25) is 13.9 Å². The number of rotatable bonds is 5. The second-order valence-corrected chi connectivity index (χ2v) is 9.20. The smallest absolute Gasteiger partial charge is 0.358 e. The molecule has 33 heavy (non-hydrogen) atoms. The van der Waals surface area contributed by atoms with E-state index in [0.717, 1.165) is 50.4 Å². The zero-order chi connectivity index (χ0) is 23.3. The van der Waals surface area contributed by atoms with Crippen molar-refractivity contribution in [3.05, 3.63) is 47.5 Å². The third kappa shape index (κ3) is 4.30. The van der Waals surface area contributed by atoms with E-state index < -0.39 is 11.9 Å². The van der Waals surface area contributed by atoms with Gasteiger partial charge in [0.1, 0.15) is 11.5 Å². The number of amides is 1. The van der Waals surface area contributed by atoms with Gasteiger partial charge in [-0.25, -0.2) is 4.98 Å². The number of aryl methyl sites for hydroxylation is 1. The lowest BCUT2D eigenvalue weighted by Gasteiger charge is -2.36. The molecule has 0 aliphatic heterocycles. The number of halogens is 3. The van der Waals surface area contributed by atoms with Gasteiger partial charge in [0, 0.05) is 44.5 Å². The molecule has 7 nitrogen and oxygen atoms in total. The second-order valence-electron chi connectivity index (χ2n) is 9.20. The van der Waals surface area contributed by atoms with Gasteiger partial charge in [-0.1, -0.05) is 6.07 Å². The van der Waals surface area contributed by atoms with Crippen molar-refractivity contribution >= 4 is 17.4 Å². The molecule has 0 saturated heterocycles. The van der Waals surface area contributed by atoms with Crippen LogP contribution < -0.4 is 10.2 Å². The van der Waals surface area contributed by atoms with E-state index in [9.17, 15) is 18.0 Å². The molecule has 3 aromatic rings. The van der Waals surface area contributed by atoms with E-state index >= 15 is 0 Å². The number of carbonyl (C=O) groups excluding carboxylic acids is 1. The third-order valence-electron chi connectivity index (χ3n) is 6.77. The fourth-order valence-electron chi connectivity index (χ4n) is 4.82. The van der Waals surface area contributed by atoms with Crippen molar-refractivity contribution in [2.24, 2.45) is 7.05 Å². The molecule has 176 valence electrons. The first kappa shape index (κ1) is 21.8. The van der Waals surface area contributed by atoms with Crippen LogP contribution in [0.1, 0.15) is 66.2 Å². The maximum Gasteiger partial charge on any atom is 0.434 e. The highest BCUT2D eigenvalue weighted by Crippen LogP contribution is 2.40. The van der Waals surface area contributed by atoms with Gasteiger partial charge in [0.2, 0.25) is 0 Å². The standard InChI is InChI=1S/C23H27F3N6O/c1-30-12-17(21(29-30)14-6-7-14)22(33)27-15-8-10-16(11-9-15)31(2)20-5-3-4-19-28-18(13-32(19)20)23(24,25)26/h3-5,12-16H,6-11H2,1-2H3,(H,27,33)/t15-,16+. The lowest BCUT2D eigenvalue weighted by Crippen LogP contribution is -2.43. The summed E-state index contributed by atoms with van der Waals surface area (Å²) in [5, 5.41) is 7.64. The molecule has 0 spiro atoms. The third-order valence-corrected chi connectivity index (χ3v) is 6.77. The number of alkyl halides is 3. The molecule has 3 aromatic heterocycles. The molecule has 0 unspecified atom stereocenters. The first-order valence-electron chi connectivity index (χ1n) is 11.3. The SMILES string of the molecule is Cn1cc(C(=O)N[C@H]2CC[C@@H](N(C)c3cccc4nc(C(F)(F)F)cn34)CC2)c(C2CC2)n1. The van der Waals surface area contributed by atoms with E-state index in [0.29, 0.717) is 17.3 Å². The Morgan fingerprint density at radius 3 is 2.52 bits per heavy atom. The van der Waals surface area contributed by atoms with Crippen molar-refractivity contribution in [3.63, 3.8) is 0 Å². The van der Waals surface area contributed by atoms with Gasteiger partial charge in [0.05, 0.1) is 11.3 Å². The molecule has 3 heterocycles. The summed E-state index contributed by atoms with van der Waals surface area (Å²) in [6, 6.07) is 5.36. The fourth-order valence-corrected chi connectivity index (χ4v) is 4.82. The normalized spacial score (nSPS) is 21.4. The summed E-state index contributed by atoms with van der Waals surface area (Å²) in [5.74, 6) is 1.01. The Kier molecular flexibility index (Phi) is 5.33. The van der Waals surface area contributed by atoms with Crippen LogP contribution >= 0.6 is 0 Å². The van der Waals surface area contributed by atoms with Crippen LogP contribution in [0.5, 0.6) is 0 Å². The Labute approximate surface area is 189 Å². The largest absolute Gasteiger partial charge is 0.434 e. The summed E-state index contributed by atoms with van der Waals surface area (Å²) >= 11 is 0. The van der Waals surface area contributed by atoms with Gasteiger partial charge < -0.3 is 10.2 Å². The number of aromatic nitrogens is 4. The summed E-state index contributed by atoms with van der Waals surface area (Å²) in [6.07, 6.45) is 3.84. The summed E-state index contributed by atoms with van der Waals surface area (Å²) in [7, 11) is 3.74. The molecule has 1 amide bonds. The molecule has 10 heteroatoms. The Morgan fingerprint density at radius 2 is 1.85 bits per heavy atom. The summed E-state index contributed by atoms with van der Waals surface area (Å²) in [6.45, 7) is 0. The van der Waals surface area contributed by atoms with Gasteiger partial charge in [-0.2, -0.15) is 18.3 Å². The van der Waals surface area contributed by atoms with Gasteiger partial charge in [-0.15, -0.1) is 0 Å². The summed E-state index contributed by atoms with van der Waals surface area (Å²) < 4.78 is 42.6. The van der Waals surface area contributed by atoms with Crippen molar-refractivity contribution < 1.29 is 18.0 Å². The number of nitrogens with one attached hydrogen (secondary N) is 1. The topological polar surface area (TPSA) is 67.5 Å². The highest BCUT2D eigenvalue weighted by atomic mass is 19.4. The predicted molar refractivity (Wildman–Crippen MR) is 117 cm³/mol. The zero-order valence-corrected chi connectivity index (χ0v) is 18.6. The molecule has 0 atom stereocenters. The molecular formula is C23H27F3N6O. The minimum absolute atomic E-state index is 0.0651. The molecular weight excluding hydrogens is 433 g/mol. The number of imidazole rings is 1. The van der Waals surface area contributed by atoms with Crippen molar-refractivity contribution in [2.75, 3.05) is 11.9 Å². The van der Waals surface area contributed by atoms with E-state index in [2.05, 4.69) is 15.4 Å². The Bertz CT molecular complexity index is 1170. The lowest BCUT2D eigenvalue weighted by atomic mass is 9.90. The number of fused-ring (bicyclic) bond motifs is 1. The average molecular weight is 461 g/mol. The van der Waals surface area contributed by atoms with E-state index in [1.165, 1.54) is 4.40 Å². The van der Waals surface area contributed by atoms with Crippen molar-refractivity contribution in [1.82, 2.24) is 24.5 Å². The molecule has 5 rings (SSSR count). The van der Waals surface area contributed by atoms with Gasteiger partial charge >= 0.3 is 6.18 Å². The number of carbonyl (C=O) groups is 1. The quantitative estimate of drug-likeness (QED) is 0.622.